The second-order valence-electron chi connectivity index (χ2n) is 4.22. The van der Waals surface area contributed by atoms with Crippen LogP contribution in [0.4, 0.5) is 5.82 Å². The Morgan fingerprint density at radius 1 is 1.37 bits per heavy atom. The molecule has 7 nitrogen and oxygen atoms in total. The highest BCUT2D eigenvalue weighted by Crippen LogP contribution is 1.94. The minimum Gasteiger partial charge on any atom is -0.365 e. The summed E-state index contributed by atoms with van der Waals surface area (Å²) in [5, 5.41) is 2.92. The topological polar surface area (TPSA) is 93.1 Å². The van der Waals surface area contributed by atoms with Gasteiger partial charge in [0.2, 0.25) is 10.0 Å². The molecule has 0 unspecified atom stereocenters. The van der Waals surface area contributed by atoms with Crippen LogP contribution in [0.25, 0.3) is 0 Å². The molecule has 0 atom stereocenters. The Morgan fingerprint density at radius 2 is 2.11 bits per heavy atom. The zero-order valence-corrected chi connectivity index (χ0v) is 12.0. The second kappa shape index (κ2) is 7.25. The van der Waals surface area contributed by atoms with Gasteiger partial charge in [-0.05, 0) is 12.8 Å². The molecule has 2 N–H and O–H groups in total. The summed E-state index contributed by atoms with van der Waals surface area (Å²) in [6, 6.07) is 0. The predicted octanol–water partition coefficient (Wildman–Crippen LogP) is 0.00450. The van der Waals surface area contributed by atoms with Crippen LogP contribution in [0.15, 0.2) is 17.2 Å². The summed E-state index contributed by atoms with van der Waals surface area (Å²) in [5.41, 5.74) is -0.152. The zero-order valence-electron chi connectivity index (χ0n) is 11.2. The molecule has 1 rings (SSSR count). The van der Waals surface area contributed by atoms with Crippen LogP contribution in [0.1, 0.15) is 19.8 Å². The van der Waals surface area contributed by atoms with Gasteiger partial charge >= 0.3 is 0 Å². The third kappa shape index (κ3) is 5.84. The minimum absolute atomic E-state index is 0.152. The van der Waals surface area contributed by atoms with Gasteiger partial charge in [0.05, 0.1) is 6.26 Å². The third-order valence-corrected chi connectivity index (χ3v) is 3.12. The SMILES string of the molecule is CCCn1ccnc(NCCCNS(C)(=O)=O)c1=O. The molecule has 0 saturated heterocycles. The van der Waals surface area contributed by atoms with E-state index in [9.17, 15) is 13.2 Å². The van der Waals surface area contributed by atoms with Crippen LogP contribution < -0.4 is 15.6 Å². The van der Waals surface area contributed by atoms with Crippen LogP contribution in [0.5, 0.6) is 0 Å². The molecule has 0 aliphatic rings. The number of anilines is 1. The van der Waals surface area contributed by atoms with Crippen molar-refractivity contribution in [3.05, 3.63) is 22.7 Å². The lowest BCUT2D eigenvalue weighted by atomic mass is 10.4. The highest BCUT2D eigenvalue weighted by molar-refractivity contribution is 7.88. The Morgan fingerprint density at radius 3 is 2.74 bits per heavy atom. The van der Waals surface area contributed by atoms with E-state index in [0.29, 0.717) is 31.9 Å². The van der Waals surface area contributed by atoms with E-state index in [1.807, 2.05) is 6.92 Å². The smallest absolute Gasteiger partial charge is 0.293 e. The van der Waals surface area contributed by atoms with E-state index in [-0.39, 0.29) is 5.56 Å². The monoisotopic (exact) mass is 288 g/mol. The summed E-state index contributed by atoms with van der Waals surface area (Å²) < 4.78 is 25.7. The van der Waals surface area contributed by atoms with Gasteiger partial charge in [-0.15, -0.1) is 0 Å². The summed E-state index contributed by atoms with van der Waals surface area (Å²) >= 11 is 0. The largest absolute Gasteiger partial charge is 0.365 e. The van der Waals surface area contributed by atoms with Crippen molar-refractivity contribution < 1.29 is 8.42 Å². The Bertz CT molecular complexity index is 553. The summed E-state index contributed by atoms with van der Waals surface area (Å²) in [6.07, 6.45) is 5.80. The van der Waals surface area contributed by atoms with Gasteiger partial charge in [-0.1, -0.05) is 6.92 Å². The number of hydrogen-bond acceptors (Lipinski definition) is 5. The molecule has 0 aliphatic carbocycles. The Labute approximate surface area is 113 Å². The van der Waals surface area contributed by atoms with Crippen molar-refractivity contribution in [2.45, 2.75) is 26.3 Å². The van der Waals surface area contributed by atoms with Crippen molar-refractivity contribution in [3.63, 3.8) is 0 Å². The lowest BCUT2D eigenvalue weighted by Gasteiger charge is -2.08. The average molecular weight is 288 g/mol. The van der Waals surface area contributed by atoms with Gasteiger partial charge in [0.1, 0.15) is 0 Å². The number of hydrogen-bond donors (Lipinski definition) is 2. The average Bonchev–Trinajstić information content (AvgIpc) is 2.32. The lowest BCUT2D eigenvalue weighted by Crippen LogP contribution is -2.27. The Kier molecular flexibility index (Phi) is 5.97. The normalized spacial score (nSPS) is 11.5. The van der Waals surface area contributed by atoms with Crippen LogP contribution in [-0.2, 0) is 16.6 Å². The minimum atomic E-state index is -3.15. The molecule has 0 saturated carbocycles. The van der Waals surface area contributed by atoms with Crippen LogP contribution >= 0.6 is 0 Å². The summed E-state index contributed by atoms with van der Waals surface area (Å²) in [5.74, 6) is 0.301. The first kappa shape index (κ1) is 15.6. The Hall–Kier alpha value is -1.41. The van der Waals surface area contributed by atoms with E-state index in [4.69, 9.17) is 0 Å². The number of nitrogens with zero attached hydrogens (tertiary/aromatic N) is 2. The standard InChI is InChI=1S/C11H20N4O3S/c1-3-8-15-9-7-13-10(11(15)16)12-5-4-6-14-19(2,17)18/h7,9,14H,3-6,8H2,1-2H3,(H,12,13). The summed E-state index contributed by atoms with van der Waals surface area (Å²) in [7, 11) is -3.15. The maximum absolute atomic E-state index is 11.9. The van der Waals surface area contributed by atoms with E-state index in [1.54, 1.807) is 17.0 Å². The first-order valence-corrected chi connectivity index (χ1v) is 8.07. The first-order valence-electron chi connectivity index (χ1n) is 6.18. The first-order chi connectivity index (χ1) is 8.94. The van der Waals surface area contributed by atoms with Crippen molar-refractivity contribution in [3.8, 4) is 0 Å². The van der Waals surface area contributed by atoms with Crippen molar-refractivity contribution in [2.75, 3.05) is 24.7 Å². The van der Waals surface area contributed by atoms with E-state index >= 15 is 0 Å². The lowest BCUT2D eigenvalue weighted by molar-refractivity contribution is 0.586. The van der Waals surface area contributed by atoms with E-state index in [0.717, 1.165) is 12.7 Å². The molecular weight excluding hydrogens is 268 g/mol. The third-order valence-electron chi connectivity index (χ3n) is 2.39. The summed E-state index contributed by atoms with van der Waals surface area (Å²) in [6.45, 7) is 3.48. The molecule has 0 fully saturated rings. The summed E-state index contributed by atoms with van der Waals surface area (Å²) in [4.78, 5) is 15.9. The van der Waals surface area contributed by atoms with Gasteiger partial charge in [-0.25, -0.2) is 18.1 Å². The molecule has 0 aromatic carbocycles. The van der Waals surface area contributed by atoms with Crippen LogP contribution in [0, 0.1) is 0 Å². The van der Waals surface area contributed by atoms with Gasteiger partial charge in [0.15, 0.2) is 5.82 Å². The number of aryl methyl sites for hydroxylation is 1. The van der Waals surface area contributed by atoms with Gasteiger partial charge in [0, 0.05) is 32.0 Å². The molecule has 1 aromatic heterocycles. The van der Waals surface area contributed by atoms with Gasteiger partial charge in [-0.2, -0.15) is 0 Å². The zero-order chi connectivity index (χ0) is 14.3. The quantitative estimate of drug-likeness (QED) is 0.657. The predicted molar refractivity (Wildman–Crippen MR) is 74.7 cm³/mol. The van der Waals surface area contributed by atoms with Crippen molar-refractivity contribution in [2.24, 2.45) is 0 Å². The molecule has 0 amide bonds. The van der Waals surface area contributed by atoms with E-state index < -0.39 is 10.0 Å². The van der Waals surface area contributed by atoms with Gasteiger partial charge < -0.3 is 9.88 Å². The van der Waals surface area contributed by atoms with Crippen LogP contribution in [0.2, 0.25) is 0 Å². The molecule has 19 heavy (non-hydrogen) atoms. The maximum Gasteiger partial charge on any atom is 0.293 e. The van der Waals surface area contributed by atoms with E-state index in [2.05, 4.69) is 15.0 Å². The number of aromatic nitrogens is 2. The highest BCUT2D eigenvalue weighted by atomic mass is 32.2. The number of sulfonamides is 1. The molecule has 1 heterocycles. The fourth-order valence-corrected chi connectivity index (χ4v) is 2.05. The van der Waals surface area contributed by atoms with Crippen LogP contribution in [-0.4, -0.2) is 37.3 Å². The fraction of sp³-hybridized carbons (Fsp3) is 0.636. The van der Waals surface area contributed by atoms with Crippen molar-refractivity contribution in [1.82, 2.24) is 14.3 Å². The molecule has 0 spiro atoms. The van der Waals surface area contributed by atoms with Crippen molar-refractivity contribution in [1.29, 1.82) is 0 Å². The molecule has 0 aliphatic heterocycles. The molecule has 108 valence electrons. The fourth-order valence-electron chi connectivity index (χ4n) is 1.54. The van der Waals surface area contributed by atoms with Crippen molar-refractivity contribution >= 4 is 15.8 Å². The Balaban J connectivity index is 2.46. The molecule has 1 aromatic rings. The van der Waals surface area contributed by atoms with E-state index in [1.165, 1.54) is 0 Å². The molecule has 8 heteroatoms. The van der Waals surface area contributed by atoms with Gasteiger partial charge in [0.25, 0.3) is 5.56 Å². The number of rotatable bonds is 8. The maximum atomic E-state index is 11.9. The van der Waals surface area contributed by atoms with Crippen LogP contribution in [0.3, 0.4) is 0 Å². The highest BCUT2D eigenvalue weighted by Gasteiger charge is 2.03. The molecule has 0 bridgehead atoms. The van der Waals surface area contributed by atoms with Gasteiger partial charge in [-0.3, -0.25) is 4.79 Å². The number of nitrogens with one attached hydrogen (secondary N) is 2. The molecular formula is C11H20N4O3S. The molecule has 0 radical (unpaired) electrons. The second-order valence-corrected chi connectivity index (χ2v) is 6.05.